The van der Waals surface area contributed by atoms with Crippen molar-refractivity contribution in [3.05, 3.63) is 42.2 Å². The van der Waals surface area contributed by atoms with E-state index in [2.05, 4.69) is 5.10 Å². The van der Waals surface area contributed by atoms with E-state index in [9.17, 15) is 14.7 Å². The molecule has 1 saturated heterocycles. The van der Waals surface area contributed by atoms with Crippen LogP contribution < -0.4 is 9.47 Å². The number of hydrogen-bond acceptors (Lipinski definition) is 6. The van der Waals surface area contributed by atoms with Crippen molar-refractivity contribution in [1.82, 2.24) is 19.6 Å². The minimum Gasteiger partial charge on any atom is -0.465 e. The third kappa shape index (κ3) is 3.33. The summed E-state index contributed by atoms with van der Waals surface area (Å²) in [4.78, 5) is 26.5. The van der Waals surface area contributed by atoms with Crippen molar-refractivity contribution in [2.24, 2.45) is 0 Å². The third-order valence-electron chi connectivity index (χ3n) is 4.97. The molecular weight excluding hydrogens is 352 g/mol. The van der Waals surface area contributed by atoms with E-state index in [-0.39, 0.29) is 19.4 Å². The van der Waals surface area contributed by atoms with E-state index < -0.39 is 12.3 Å². The zero-order chi connectivity index (χ0) is 18.8. The molecule has 0 aliphatic carbocycles. The van der Waals surface area contributed by atoms with Crippen molar-refractivity contribution in [1.29, 1.82) is 0 Å². The zero-order valence-corrected chi connectivity index (χ0v) is 14.6. The maximum atomic E-state index is 12.1. The number of carbonyl (C=O) groups is 2. The van der Waals surface area contributed by atoms with Gasteiger partial charge in [-0.3, -0.25) is 14.5 Å². The molecule has 27 heavy (non-hydrogen) atoms. The second-order valence-corrected chi connectivity index (χ2v) is 6.48. The summed E-state index contributed by atoms with van der Waals surface area (Å²) in [6.07, 6.45) is 3.43. The molecule has 2 aliphatic rings. The zero-order valence-electron chi connectivity index (χ0n) is 14.6. The number of aldehydes is 1. The molecular formula is C18H20N4O5. The van der Waals surface area contributed by atoms with Crippen molar-refractivity contribution < 1.29 is 24.2 Å². The molecule has 2 unspecified atom stereocenters. The highest BCUT2D eigenvalue weighted by Gasteiger charge is 2.43. The van der Waals surface area contributed by atoms with Crippen molar-refractivity contribution in [3.63, 3.8) is 0 Å². The number of hydrogen-bond donors (Lipinski definition) is 1. The number of aromatic nitrogens is 2. The molecule has 0 saturated carbocycles. The number of fused-ring (bicyclic) bond motifs is 1. The molecule has 2 aromatic rings. The van der Waals surface area contributed by atoms with E-state index in [0.717, 1.165) is 11.8 Å². The highest BCUT2D eigenvalue weighted by Crippen LogP contribution is 2.39. The molecule has 0 bridgehead atoms. The number of aryl methyl sites for hydroxylation is 1. The van der Waals surface area contributed by atoms with Crippen LogP contribution in [-0.4, -0.2) is 63.1 Å². The van der Waals surface area contributed by atoms with Crippen molar-refractivity contribution in [2.45, 2.75) is 25.2 Å². The maximum absolute atomic E-state index is 12.1. The normalized spacial score (nSPS) is 21.6. The molecule has 3 heterocycles. The summed E-state index contributed by atoms with van der Waals surface area (Å²) in [7, 11) is 0. The second kappa shape index (κ2) is 7.28. The molecule has 1 amide bonds. The van der Waals surface area contributed by atoms with Crippen LogP contribution in [0.5, 0.6) is 11.5 Å². The first-order valence-corrected chi connectivity index (χ1v) is 8.73. The van der Waals surface area contributed by atoms with Crippen molar-refractivity contribution >= 4 is 12.4 Å². The summed E-state index contributed by atoms with van der Waals surface area (Å²) < 4.78 is 12.5. The number of carbonyl (C=O) groups excluding carboxylic acids is 1. The fraction of sp³-hybridized carbons (Fsp3) is 0.389. The van der Waals surface area contributed by atoms with Gasteiger partial charge in [-0.15, -0.1) is 0 Å². The van der Waals surface area contributed by atoms with Crippen LogP contribution in [0.15, 0.2) is 36.7 Å². The van der Waals surface area contributed by atoms with Gasteiger partial charge in [0.05, 0.1) is 18.8 Å². The molecule has 4 rings (SSSR count). The monoisotopic (exact) mass is 372 g/mol. The van der Waals surface area contributed by atoms with Gasteiger partial charge in [0.2, 0.25) is 6.79 Å². The summed E-state index contributed by atoms with van der Waals surface area (Å²) in [5.74, 6) is 1.26. The number of nitrogens with zero attached hydrogens (tertiary/aromatic N) is 4. The molecule has 0 radical (unpaired) electrons. The molecule has 9 nitrogen and oxygen atoms in total. The maximum Gasteiger partial charge on any atom is 0.409 e. The van der Waals surface area contributed by atoms with Crippen LogP contribution in [0, 0.1) is 0 Å². The Bertz CT molecular complexity index is 825. The fourth-order valence-electron chi connectivity index (χ4n) is 3.76. The van der Waals surface area contributed by atoms with Gasteiger partial charge in [-0.2, -0.15) is 5.10 Å². The number of ether oxygens (including phenoxy) is 2. The average molecular weight is 372 g/mol. The Morgan fingerprint density at radius 2 is 2.19 bits per heavy atom. The summed E-state index contributed by atoms with van der Waals surface area (Å²) >= 11 is 0. The molecule has 2 aliphatic heterocycles. The van der Waals surface area contributed by atoms with Crippen LogP contribution in [-0.2, 0) is 11.3 Å². The Labute approximate surface area is 155 Å². The molecule has 1 aromatic heterocycles. The van der Waals surface area contributed by atoms with Crippen LogP contribution in [0.3, 0.4) is 0 Å². The van der Waals surface area contributed by atoms with Crippen LogP contribution >= 0.6 is 0 Å². The van der Waals surface area contributed by atoms with Gasteiger partial charge in [0.15, 0.2) is 11.5 Å². The predicted molar refractivity (Wildman–Crippen MR) is 93.4 cm³/mol. The number of benzene rings is 1. The number of rotatable bonds is 6. The van der Waals surface area contributed by atoms with E-state index in [1.165, 1.54) is 4.90 Å². The molecule has 1 fully saturated rings. The minimum absolute atomic E-state index is 0.163. The van der Waals surface area contributed by atoms with Gasteiger partial charge in [-0.25, -0.2) is 4.79 Å². The van der Waals surface area contributed by atoms with E-state index in [4.69, 9.17) is 9.47 Å². The topological polar surface area (TPSA) is 97.1 Å². The van der Waals surface area contributed by atoms with Crippen LogP contribution in [0.1, 0.15) is 18.0 Å². The lowest BCUT2D eigenvalue weighted by Crippen LogP contribution is -2.43. The quantitative estimate of drug-likeness (QED) is 0.769. The lowest BCUT2D eigenvalue weighted by atomic mass is 10.1. The number of amides is 1. The molecule has 0 spiro atoms. The summed E-state index contributed by atoms with van der Waals surface area (Å²) in [5.41, 5.74) is 0.819. The first kappa shape index (κ1) is 17.3. The van der Waals surface area contributed by atoms with E-state index >= 15 is 0 Å². The Hall–Kier alpha value is -3.07. The van der Waals surface area contributed by atoms with Gasteiger partial charge in [0, 0.05) is 31.9 Å². The molecule has 1 aromatic carbocycles. The molecule has 142 valence electrons. The summed E-state index contributed by atoms with van der Waals surface area (Å²) in [6, 6.07) is 6.89. The smallest absolute Gasteiger partial charge is 0.409 e. The van der Waals surface area contributed by atoms with Gasteiger partial charge < -0.3 is 19.4 Å². The average Bonchev–Trinajstić information content (AvgIpc) is 3.39. The van der Waals surface area contributed by atoms with Gasteiger partial charge in [0.25, 0.3) is 0 Å². The SMILES string of the molecule is O=CCN1CC(c2ccc3c(c2)OCO3)N(C(=O)O)C1CCn1cccn1. The standard InChI is InChI=1S/C18H20N4O5/c23-9-8-20-11-14(13-2-3-15-16(10-13)27-12-26-15)22(18(24)25)17(20)4-7-21-6-1-5-19-21/h1-3,5-6,9-10,14,17H,4,7-8,11-12H2,(H,24,25). The summed E-state index contributed by atoms with van der Waals surface area (Å²) in [5, 5.41) is 14.1. The van der Waals surface area contributed by atoms with Crippen molar-refractivity contribution in [2.75, 3.05) is 19.9 Å². The van der Waals surface area contributed by atoms with Gasteiger partial charge >= 0.3 is 6.09 Å². The van der Waals surface area contributed by atoms with Crippen LogP contribution in [0.4, 0.5) is 4.79 Å². The van der Waals surface area contributed by atoms with Crippen molar-refractivity contribution in [3.8, 4) is 11.5 Å². The fourth-order valence-corrected chi connectivity index (χ4v) is 3.76. The Balaban J connectivity index is 1.60. The molecule has 1 N–H and O–H groups in total. The van der Waals surface area contributed by atoms with Gasteiger partial charge in [0.1, 0.15) is 6.29 Å². The first-order valence-electron chi connectivity index (χ1n) is 8.73. The lowest BCUT2D eigenvalue weighted by Gasteiger charge is -2.29. The first-order chi connectivity index (χ1) is 13.2. The number of carboxylic acid groups (broad SMARTS) is 1. The summed E-state index contributed by atoms with van der Waals surface area (Å²) in [6.45, 7) is 1.34. The highest BCUT2D eigenvalue weighted by molar-refractivity contribution is 5.67. The van der Waals surface area contributed by atoms with Crippen LogP contribution in [0.25, 0.3) is 0 Å². The Morgan fingerprint density at radius 1 is 1.33 bits per heavy atom. The largest absolute Gasteiger partial charge is 0.465 e. The predicted octanol–water partition coefficient (Wildman–Crippen LogP) is 1.56. The Kier molecular flexibility index (Phi) is 4.68. The van der Waals surface area contributed by atoms with Crippen LogP contribution in [0.2, 0.25) is 0 Å². The second-order valence-electron chi connectivity index (χ2n) is 6.48. The lowest BCUT2D eigenvalue weighted by molar-refractivity contribution is -0.109. The van der Waals surface area contributed by atoms with Gasteiger partial charge in [-0.05, 0) is 23.8 Å². The van der Waals surface area contributed by atoms with E-state index in [1.54, 1.807) is 16.9 Å². The Morgan fingerprint density at radius 3 is 2.93 bits per heavy atom. The van der Waals surface area contributed by atoms with Gasteiger partial charge in [-0.1, -0.05) is 6.07 Å². The van der Waals surface area contributed by atoms with E-state index in [0.29, 0.717) is 31.0 Å². The minimum atomic E-state index is -1.02. The highest BCUT2D eigenvalue weighted by atomic mass is 16.7. The molecule has 2 atom stereocenters. The molecule has 9 heteroatoms. The third-order valence-corrected chi connectivity index (χ3v) is 4.97. The van der Waals surface area contributed by atoms with E-state index in [1.807, 2.05) is 29.3 Å².